The normalized spacial score (nSPS) is 12.9. The molecule has 7 nitrogen and oxygen atoms in total. The fraction of sp³-hybridized carbons (Fsp3) is 0.192. The Kier molecular flexibility index (Phi) is 6.58. The molecule has 0 spiro atoms. The van der Waals surface area contributed by atoms with E-state index >= 15 is 0 Å². The Hall–Kier alpha value is -4.20. The highest BCUT2D eigenvalue weighted by molar-refractivity contribution is 5.95. The number of carbonyl (C=O) groups is 3. The maximum Gasteiger partial charge on any atom is 0.411 e. The molecular weight excluding hydrogens is 439 g/mol. The van der Waals surface area contributed by atoms with Crippen molar-refractivity contribution in [2.75, 3.05) is 11.9 Å². The lowest BCUT2D eigenvalue weighted by atomic mass is 9.98. The van der Waals surface area contributed by atoms with E-state index in [-0.39, 0.29) is 30.2 Å². The molecule has 1 aliphatic carbocycles. The fourth-order valence-corrected chi connectivity index (χ4v) is 4.14. The zero-order chi connectivity index (χ0) is 24.2. The number of aliphatic carboxylic acids is 1. The molecule has 3 aromatic rings. The molecule has 2 amide bonds. The van der Waals surface area contributed by atoms with Gasteiger partial charge in [-0.15, -0.1) is 0 Å². The molecule has 1 unspecified atom stereocenters. The van der Waals surface area contributed by atoms with E-state index in [1.807, 2.05) is 48.5 Å². The van der Waals surface area contributed by atoms with Gasteiger partial charge in [0, 0.05) is 17.6 Å². The van der Waals surface area contributed by atoms with Crippen LogP contribution >= 0.6 is 0 Å². The summed E-state index contributed by atoms with van der Waals surface area (Å²) in [4.78, 5) is 35.3. The molecule has 0 saturated heterocycles. The topological polar surface area (TPSA) is 105 Å². The van der Waals surface area contributed by atoms with Crippen LogP contribution in [0.25, 0.3) is 11.1 Å². The number of rotatable bonds is 7. The van der Waals surface area contributed by atoms with E-state index in [0.717, 1.165) is 28.3 Å². The fourth-order valence-electron chi connectivity index (χ4n) is 4.14. The summed E-state index contributed by atoms with van der Waals surface area (Å²) in [7, 11) is 0. The minimum absolute atomic E-state index is 0.103. The number of hydrogen-bond acceptors (Lipinski definition) is 4. The van der Waals surface area contributed by atoms with Crippen LogP contribution in [-0.4, -0.2) is 35.7 Å². The Balaban J connectivity index is 1.38. The van der Waals surface area contributed by atoms with E-state index in [2.05, 4.69) is 10.6 Å². The maximum atomic E-state index is 14.5. The Morgan fingerprint density at radius 3 is 2.21 bits per heavy atom. The lowest BCUT2D eigenvalue weighted by Gasteiger charge is -2.15. The van der Waals surface area contributed by atoms with Crippen molar-refractivity contribution in [1.29, 1.82) is 0 Å². The summed E-state index contributed by atoms with van der Waals surface area (Å²) >= 11 is 0. The number of carboxylic acid groups (broad SMARTS) is 1. The van der Waals surface area contributed by atoms with Crippen LogP contribution in [0.5, 0.6) is 0 Å². The smallest absolute Gasteiger partial charge is 0.411 e. The first-order valence-electron chi connectivity index (χ1n) is 10.8. The molecule has 0 heterocycles. The maximum absolute atomic E-state index is 14.5. The van der Waals surface area contributed by atoms with Crippen LogP contribution in [0.3, 0.4) is 0 Å². The van der Waals surface area contributed by atoms with Gasteiger partial charge in [-0.05, 0) is 47.4 Å². The monoisotopic (exact) mass is 462 g/mol. The Bertz CT molecular complexity index is 1210. The van der Waals surface area contributed by atoms with Crippen molar-refractivity contribution in [2.24, 2.45) is 0 Å². The van der Waals surface area contributed by atoms with Crippen molar-refractivity contribution in [2.45, 2.75) is 25.3 Å². The molecule has 3 aromatic carbocycles. The lowest BCUT2D eigenvalue weighted by Crippen LogP contribution is -2.34. The van der Waals surface area contributed by atoms with Crippen LogP contribution in [0.15, 0.2) is 66.7 Å². The first-order chi connectivity index (χ1) is 16.3. The second kappa shape index (κ2) is 9.74. The number of anilines is 1. The SMILES string of the molecule is CC(CC(=O)O)NC(=O)c1ccc(NC(=O)OCC2c3ccccc3-c3ccccc32)cc1F. The highest BCUT2D eigenvalue weighted by Crippen LogP contribution is 2.44. The summed E-state index contributed by atoms with van der Waals surface area (Å²) in [5.41, 5.74) is 4.26. The van der Waals surface area contributed by atoms with E-state index in [0.29, 0.717) is 0 Å². The van der Waals surface area contributed by atoms with Gasteiger partial charge in [-0.2, -0.15) is 0 Å². The van der Waals surface area contributed by atoms with Gasteiger partial charge in [-0.3, -0.25) is 14.9 Å². The Morgan fingerprint density at radius 2 is 1.62 bits per heavy atom. The molecule has 0 bridgehead atoms. The number of hydrogen-bond donors (Lipinski definition) is 3. The van der Waals surface area contributed by atoms with E-state index in [9.17, 15) is 18.8 Å². The van der Waals surface area contributed by atoms with Gasteiger partial charge in [0.2, 0.25) is 0 Å². The number of amides is 2. The summed E-state index contributed by atoms with van der Waals surface area (Å²) in [5.74, 6) is -2.76. The molecule has 0 fully saturated rings. The van der Waals surface area contributed by atoms with E-state index in [4.69, 9.17) is 9.84 Å². The minimum atomic E-state index is -1.07. The molecule has 8 heteroatoms. The standard InChI is InChI=1S/C26H23FN2O5/c1-15(12-24(30)31)28-25(32)21-11-10-16(13-23(21)27)29-26(33)34-14-22-19-8-4-2-6-17(19)18-7-3-5-9-20(18)22/h2-11,13,15,22H,12,14H2,1H3,(H,28,32)(H,29,33)(H,30,31). The van der Waals surface area contributed by atoms with Crippen molar-refractivity contribution >= 4 is 23.7 Å². The molecule has 4 rings (SSSR count). The average molecular weight is 462 g/mol. The molecule has 0 radical (unpaired) electrons. The third-order valence-corrected chi connectivity index (χ3v) is 5.66. The van der Waals surface area contributed by atoms with Gasteiger partial charge in [0.1, 0.15) is 12.4 Å². The Labute approximate surface area is 195 Å². The van der Waals surface area contributed by atoms with Crippen molar-refractivity contribution in [3.63, 3.8) is 0 Å². The summed E-state index contributed by atoms with van der Waals surface area (Å²) in [6.07, 6.45) is -1.03. The molecular formula is C26H23FN2O5. The van der Waals surface area contributed by atoms with Gasteiger partial charge in [0.05, 0.1) is 12.0 Å². The summed E-state index contributed by atoms with van der Waals surface area (Å²) in [6, 6.07) is 18.9. The zero-order valence-corrected chi connectivity index (χ0v) is 18.4. The van der Waals surface area contributed by atoms with Gasteiger partial charge < -0.3 is 15.2 Å². The number of benzene rings is 3. The average Bonchev–Trinajstić information content (AvgIpc) is 3.11. The number of carboxylic acids is 1. The highest BCUT2D eigenvalue weighted by atomic mass is 19.1. The van der Waals surface area contributed by atoms with Crippen LogP contribution < -0.4 is 10.6 Å². The lowest BCUT2D eigenvalue weighted by molar-refractivity contribution is -0.137. The minimum Gasteiger partial charge on any atom is -0.481 e. The summed E-state index contributed by atoms with van der Waals surface area (Å²) < 4.78 is 19.9. The third kappa shape index (κ3) is 4.91. The summed E-state index contributed by atoms with van der Waals surface area (Å²) in [5, 5.41) is 13.7. The van der Waals surface area contributed by atoms with Crippen LogP contribution in [0.1, 0.15) is 40.7 Å². The van der Waals surface area contributed by atoms with Crippen LogP contribution in [0.2, 0.25) is 0 Å². The second-order valence-corrected chi connectivity index (χ2v) is 8.12. The van der Waals surface area contributed by atoms with E-state index < -0.39 is 29.8 Å². The predicted molar refractivity (Wildman–Crippen MR) is 124 cm³/mol. The van der Waals surface area contributed by atoms with E-state index in [1.165, 1.54) is 19.1 Å². The van der Waals surface area contributed by atoms with Crippen molar-refractivity contribution < 1.29 is 28.6 Å². The number of halogens is 1. The molecule has 34 heavy (non-hydrogen) atoms. The predicted octanol–water partition coefficient (Wildman–Crippen LogP) is 4.78. The van der Waals surface area contributed by atoms with E-state index in [1.54, 1.807) is 0 Å². The molecule has 1 aliphatic rings. The molecule has 0 aromatic heterocycles. The third-order valence-electron chi connectivity index (χ3n) is 5.66. The number of carbonyl (C=O) groups excluding carboxylic acids is 2. The van der Waals surface area contributed by atoms with Gasteiger partial charge in [0.15, 0.2) is 0 Å². The molecule has 0 saturated carbocycles. The van der Waals surface area contributed by atoms with Crippen LogP contribution in [0.4, 0.5) is 14.9 Å². The van der Waals surface area contributed by atoms with Crippen LogP contribution in [0, 0.1) is 5.82 Å². The molecule has 3 N–H and O–H groups in total. The number of nitrogens with one attached hydrogen (secondary N) is 2. The van der Waals surface area contributed by atoms with Gasteiger partial charge >= 0.3 is 12.1 Å². The second-order valence-electron chi connectivity index (χ2n) is 8.12. The quantitative estimate of drug-likeness (QED) is 0.469. The van der Waals surface area contributed by atoms with Crippen molar-refractivity contribution in [1.82, 2.24) is 5.32 Å². The van der Waals surface area contributed by atoms with Gasteiger partial charge in [-0.25, -0.2) is 9.18 Å². The molecule has 174 valence electrons. The largest absolute Gasteiger partial charge is 0.481 e. The van der Waals surface area contributed by atoms with Crippen molar-refractivity contribution in [3.05, 3.63) is 89.2 Å². The Morgan fingerprint density at radius 1 is 1.00 bits per heavy atom. The highest BCUT2D eigenvalue weighted by Gasteiger charge is 2.29. The van der Waals surface area contributed by atoms with Crippen LogP contribution in [-0.2, 0) is 9.53 Å². The molecule has 0 aliphatic heterocycles. The summed E-state index contributed by atoms with van der Waals surface area (Å²) in [6.45, 7) is 1.63. The van der Waals surface area contributed by atoms with Crippen molar-refractivity contribution in [3.8, 4) is 11.1 Å². The molecule has 1 atom stereocenters. The number of fused-ring (bicyclic) bond motifs is 3. The van der Waals surface area contributed by atoms with Gasteiger partial charge in [0.25, 0.3) is 5.91 Å². The first-order valence-corrected chi connectivity index (χ1v) is 10.8. The first kappa shape index (κ1) is 23.0. The van der Waals surface area contributed by atoms with Gasteiger partial charge in [-0.1, -0.05) is 48.5 Å². The number of ether oxygens (including phenoxy) is 1. The zero-order valence-electron chi connectivity index (χ0n) is 18.4.